The number of hydrogen-bond acceptors (Lipinski definition) is 6. The maximum atomic E-state index is 12.7. The van der Waals surface area contributed by atoms with Crippen molar-refractivity contribution < 1.29 is 14.7 Å². The fourth-order valence-corrected chi connectivity index (χ4v) is 4.51. The molecule has 3 N–H and O–H groups in total. The van der Waals surface area contributed by atoms with E-state index in [0.29, 0.717) is 22.2 Å². The van der Waals surface area contributed by atoms with Crippen molar-refractivity contribution in [2.75, 3.05) is 13.1 Å². The molecule has 0 bridgehead atoms. The molecule has 0 spiro atoms. The summed E-state index contributed by atoms with van der Waals surface area (Å²) >= 11 is 1.37. The number of rotatable bonds is 4. The Hall–Kier alpha value is -2.77. The Bertz CT molecular complexity index is 1050. The van der Waals surface area contributed by atoms with Gasteiger partial charge < -0.3 is 15.7 Å². The zero-order valence-corrected chi connectivity index (χ0v) is 16.3. The van der Waals surface area contributed by atoms with Crippen molar-refractivity contribution in [1.82, 2.24) is 15.6 Å². The van der Waals surface area contributed by atoms with E-state index in [9.17, 15) is 14.7 Å². The minimum atomic E-state index is -0.0675. The molecule has 0 saturated carbocycles. The fourth-order valence-electron chi connectivity index (χ4n) is 3.55. The monoisotopic (exact) mass is 395 g/mol. The topological polar surface area (TPSA) is 91.3 Å². The van der Waals surface area contributed by atoms with Crippen molar-refractivity contribution in [2.24, 2.45) is 0 Å². The first-order chi connectivity index (χ1) is 13.6. The van der Waals surface area contributed by atoms with Gasteiger partial charge in [-0.25, -0.2) is 4.98 Å². The van der Waals surface area contributed by atoms with Crippen molar-refractivity contribution >= 4 is 34.3 Å². The summed E-state index contributed by atoms with van der Waals surface area (Å²) in [5.74, 6) is -0.0979. The van der Waals surface area contributed by atoms with Crippen LogP contribution >= 0.6 is 11.3 Å². The van der Waals surface area contributed by atoms with Gasteiger partial charge in [0.25, 0.3) is 5.91 Å². The van der Waals surface area contributed by atoms with E-state index in [1.807, 2.05) is 19.1 Å². The molecule has 4 rings (SSSR count). The Labute approximate surface area is 166 Å². The highest BCUT2D eigenvalue weighted by atomic mass is 32.1. The molecule has 28 heavy (non-hydrogen) atoms. The van der Waals surface area contributed by atoms with Crippen LogP contribution in [0, 0.1) is 6.92 Å². The van der Waals surface area contributed by atoms with E-state index in [1.54, 1.807) is 12.1 Å². The van der Waals surface area contributed by atoms with Gasteiger partial charge in [-0.3, -0.25) is 9.59 Å². The van der Waals surface area contributed by atoms with E-state index in [0.717, 1.165) is 41.9 Å². The summed E-state index contributed by atoms with van der Waals surface area (Å²) in [5.41, 5.74) is 1.87. The number of carbonyl (C=O) groups is 2. The standard InChI is InChI=1S/C21H21N3O3S/c1-12-19(20(27)24-15-6-8-22-9-7-15)28-21(23-12)14-2-4-16-13(10-14)3-5-18(26)17(16)11-25/h2-5,10-11,15,22,26H,6-9H2,1H3,(H,24,27). The van der Waals surface area contributed by atoms with Crippen LogP contribution in [0.4, 0.5) is 0 Å². The van der Waals surface area contributed by atoms with E-state index in [4.69, 9.17) is 0 Å². The van der Waals surface area contributed by atoms with E-state index in [1.165, 1.54) is 17.4 Å². The Morgan fingerprint density at radius 3 is 2.82 bits per heavy atom. The number of phenols is 1. The lowest BCUT2D eigenvalue weighted by Gasteiger charge is -2.23. The van der Waals surface area contributed by atoms with Gasteiger partial charge in [-0.05, 0) is 55.8 Å². The largest absolute Gasteiger partial charge is 0.507 e. The number of aryl methyl sites for hydroxylation is 1. The zero-order valence-electron chi connectivity index (χ0n) is 15.5. The normalized spacial score (nSPS) is 14.9. The number of amides is 1. The van der Waals surface area contributed by atoms with Crippen LogP contribution < -0.4 is 10.6 Å². The third-order valence-corrected chi connectivity index (χ3v) is 6.29. The maximum Gasteiger partial charge on any atom is 0.263 e. The summed E-state index contributed by atoms with van der Waals surface area (Å²) in [6.45, 7) is 3.70. The number of carbonyl (C=O) groups excluding carboxylic acids is 2. The van der Waals surface area contributed by atoms with Crippen LogP contribution in [0.2, 0.25) is 0 Å². The molecule has 1 amide bonds. The first-order valence-corrected chi connectivity index (χ1v) is 10.1. The fraction of sp³-hybridized carbons (Fsp3) is 0.286. The SMILES string of the molecule is Cc1nc(-c2ccc3c(C=O)c(O)ccc3c2)sc1C(=O)NC1CCNCC1. The number of phenolic OH excluding ortho intramolecular Hbond substituents is 1. The molecule has 3 aromatic rings. The second-order valence-electron chi connectivity index (χ2n) is 6.98. The number of thiazole rings is 1. The molecule has 0 atom stereocenters. The van der Waals surface area contributed by atoms with Gasteiger partial charge in [0.05, 0.1) is 11.3 Å². The van der Waals surface area contributed by atoms with Crippen LogP contribution in [0.5, 0.6) is 5.75 Å². The van der Waals surface area contributed by atoms with Crippen molar-refractivity contribution in [3.63, 3.8) is 0 Å². The predicted octanol–water partition coefficient (Wildman–Crippen LogP) is 3.27. The van der Waals surface area contributed by atoms with Crippen LogP contribution in [0.3, 0.4) is 0 Å². The number of benzene rings is 2. The average molecular weight is 395 g/mol. The second kappa shape index (κ2) is 7.69. The highest BCUT2D eigenvalue weighted by molar-refractivity contribution is 7.17. The smallest absolute Gasteiger partial charge is 0.263 e. The molecule has 2 aromatic carbocycles. The molecular weight excluding hydrogens is 374 g/mol. The van der Waals surface area contributed by atoms with Gasteiger partial charge in [-0.15, -0.1) is 11.3 Å². The Morgan fingerprint density at radius 2 is 2.07 bits per heavy atom. The summed E-state index contributed by atoms with van der Waals surface area (Å²) in [4.78, 5) is 29.2. The number of nitrogens with one attached hydrogen (secondary N) is 2. The highest BCUT2D eigenvalue weighted by Crippen LogP contribution is 2.33. The van der Waals surface area contributed by atoms with E-state index in [2.05, 4.69) is 15.6 Å². The number of fused-ring (bicyclic) bond motifs is 1. The molecule has 1 aliphatic rings. The van der Waals surface area contributed by atoms with Gasteiger partial charge in [-0.1, -0.05) is 18.2 Å². The molecule has 7 heteroatoms. The summed E-state index contributed by atoms with van der Waals surface area (Å²) in [5, 5.41) is 18.5. The zero-order chi connectivity index (χ0) is 19.7. The third-order valence-electron chi connectivity index (χ3n) is 5.08. The number of piperidine rings is 1. The lowest BCUT2D eigenvalue weighted by molar-refractivity contribution is 0.0932. The minimum absolute atomic E-state index is 0.0304. The van der Waals surface area contributed by atoms with Gasteiger partial charge in [0.2, 0.25) is 0 Å². The van der Waals surface area contributed by atoms with Gasteiger partial charge in [-0.2, -0.15) is 0 Å². The van der Waals surface area contributed by atoms with Gasteiger partial charge in [0.15, 0.2) is 6.29 Å². The van der Waals surface area contributed by atoms with E-state index >= 15 is 0 Å². The van der Waals surface area contributed by atoms with Gasteiger partial charge in [0, 0.05) is 11.6 Å². The van der Waals surface area contributed by atoms with Crippen LogP contribution in [0.25, 0.3) is 21.3 Å². The lowest BCUT2D eigenvalue weighted by atomic mass is 10.0. The number of aldehydes is 1. The first kappa shape index (κ1) is 18.6. The van der Waals surface area contributed by atoms with Crippen molar-refractivity contribution in [2.45, 2.75) is 25.8 Å². The first-order valence-electron chi connectivity index (χ1n) is 9.27. The number of aromatic nitrogens is 1. The Kier molecular flexibility index (Phi) is 5.11. The van der Waals surface area contributed by atoms with Crippen LogP contribution in [0.15, 0.2) is 30.3 Å². The van der Waals surface area contributed by atoms with Crippen molar-refractivity contribution in [1.29, 1.82) is 0 Å². The van der Waals surface area contributed by atoms with Crippen molar-refractivity contribution in [3.05, 3.63) is 46.5 Å². The molecular formula is C21H21N3O3S. The maximum absolute atomic E-state index is 12.7. The molecule has 6 nitrogen and oxygen atoms in total. The van der Waals surface area contributed by atoms with Crippen LogP contribution in [0.1, 0.15) is 38.6 Å². The second-order valence-corrected chi connectivity index (χ2v) is 7.98. The van der Waals surface area contributed by atoms with Crippen LogP contribution in [-0.4, -0.2) is 41.4 Å². The Morgan fingerprint density at radius 1 is 1.29 bits per heavy atom. The molecule has 1 saturated heterocycles. The molecule has 1 aromatic heterocycles. The third kappa shape index (κ3) is 3.50. The average Bonchev–Trinajstić information content (AvgIpc) is 3.10. The number of nitrogens with zero attached hydrogens (tertiary/aromatic N) is 1. The number of aromatic hydroxyl groups is 1. The molecule has 1 fully saturated rings. The minimum Gasteiger partial charge on any atom is -0.507 e. The summed E-state index contributed by atoms with van der Waals surface area (Å²) in [6.07, 6.45) is 2.54. The molecule has 0 aliphatic carbocycles. The molecule has 0 unspecified atom stereocenters. The Balaban J connectivity index is 1.63. The molecule has 2 heterocycles. The summed E-state index contributed by atoms with van der Waals surface area (Å²) in [7, 11) is 0. The van der Waals surface area contributed by atoms with Gasteiger partial charge >= 0.3 is 0 Å². The molecule has 0 radical (unpaired) electrons. The molecule has 144 valence electrons. The predicted molar refractivity (Wildman–Crippen MR) is 110 cm³/mol. The van der Waals surface area contributed by atoms with Crippen molar-refractivity contribution in [3.8, 4) is 16.3 Å². The van der Waals surface area contributed by atoms with Gasteiger partial charge in [0.1, 0.15) is 15.6 Å². The summed E-state index contributed by atoms with van der Waals surface area (Å²) in [6, 6.07) is 9.08. The highest BCUT2D eigenvalue weighted by Gasteiger charge is 2.21. The molecule has 1 aliphatic heterocycles. The van der Waals surface area contributed by atoms with E-state index < -0.39 is 0 Å². The van der Waals surface area contributed by atoms with E-state index in [-0.39, 0.29) is 23.3 Å². The summed E-state index contributed by atoms with van der Waals surface area (Å²) < 4.78 is 0. The quantitative estimate of drug-likeness (QED) is 0.590. The lowest BCUT2D eigenvalue weighted by Crippen LogP contribution is -2.42. The number of hydrogen-bond donors (Lipinski definition) is 3. The van der Waals surface area contributed by atoms with Crippen LogP contribution in [-0.2, 0) is 0 Å².